The highest BCUT2D eigenvalue weighted by Crippen LogP contribution is 2.31. The highest BCUT2D eigenvalue weighted by atomic mass is 16.5. The molecule has 0 saturated carbocycles. The molecule has 2 saturated heterocycles. The van der Waals surface area contributed by atoms with Gasteiger partial charge >= 0.3 is 0 Å². The first-order chi connectivity index (χ1) is 6.65. The Kier molecular flexibility index (Phi) is 2.82. The zero-order valence-electron chi connectivity index (χ0n) is 9.55. The molecule has 82 valence electrons. The molecule has 2 rings (SSSR count). The topological polar surface area (TPSA) is 24.5 Å². The van der Waals surface area contributed by atoms with Crippen LogP contribution in [0.1, 0.15) is 33.6 Å². The zero-order chi connectivity index (χ0) is 10.2. The lowest BCUT2D eigenvalue weighted by molar-refractivity contribution is -0.0783. The van der Waals surface area contributed by atoms with Gasteiger partial charge in [0.2, 0.25) is 0 Å². The predicted molar refractivity (Wildman–Crippen MR) is 57.2 cm³/mol. The van der Waals surface area contributed by atoms with E-state index in [4.69, 9.17) is 4.74 Å². The molecule has 0 spiro atoms. The third-order valence-electron chi connectivity index (χ3n) is 3.59. The van der Waals surface area contributed by atoms with Crippen molar-refractivity contribution in [1.29, 1.82) is 0 Å². The van der Waals surface area contributed by atoms with Crippen LogP contribution >= 0.6 is 0 Å². The van der Waals surface area contributed by atoms with Gasteiger partial charge in [0.25, 0.3) is 0 Å². The molecule has 2 aliphatic heterocycles. The van der Waals surface area contributed by atoms with E-state index in [9.17, 15) is 0 Å². The standard InChI is InChI=1S/C11H22N2O/c1-4-13-7-5-6-10(13)11(3)12-8-9(2)14-11/h9-10,12H,4-8H2,1-3H3. The number of hydrogen-bond donors (Lipinski definition) is 1. The van der Waals surface area contributed by atoms with Crippen LogP contribution in [-0.2, 0) is 4.74 Å². The van der Waals surface area contributed by atoms with E-state index in [1.165, 1.54) is 19.4 Å². The maximum atomic E-state index is 6.01. The number of rotatable bonds is 2. The Morgan fingerprint density at radius 1 is 1.57 bits per heavy atom. The lowest BCUT2D eigenvalue weighted by Crippen LogP contribution is -2.54. The lowest BCUT2D eigenvalue weighted by Gasteiger charge is -2.36. The predicted octanol–water partition coefficient (Wildman–Crippen LogP) is 1.20. The van der Waals surface area contributed by atoms with E-state index in [2.05, 4.69) is 31.0 Å². The van der Waals surface area contributed by atoms with Gasteiger partial charge in [0.1, 0.15) is 5.72 Å². The molecule has 14 heavy (non-hydrogen) atoms. The van der Waals surface area contributed by atoms with Crippen molar-refractivity contribution >= 4 is 0 Å². The third kappa shape index (κ3) is 1.69. The van der Waals surface area contributed by atoms with Crippen LogP contribution in [0.2, 0.25) is 0 Å². The van der Waals surface area contributed by atoms with E-state index in [-0.39, 0.29) is 5.72 Å². The summed E-state index contributed by atoms with van der Waals surface area (Å²) >= 11 is 0. The molecule has 0 aromatic rings. The molecule has 2 aliphatic rings. The van der Waals surface area contributed by atoms with E-state index in [1.807, 2.05) is 0 Å². The van der Waals surface area contributed by atoms with Crippen LogP contribution in [0.25, 0.3) is 0 Å². The fourth-order valence-corrected chi connectivity index (χ4v) is 2.87. The number of ether oxygens (including phenoxy) is 1. The number of likely N-dealkylation sites (N-methyl/N-ethyl adjacent to an activating group) is 1. The van der Waals surface area contributed by atoms with E-state index in [0.717, 1.165) is 13.1 Å². The molecular weight excluding hydrogens is 176 g/mol. The quantitative estimate of drug-likeness (QED) is 0.721. The molecule has 0 bridgehead atoms. The van der Waals surface area contributed by atoms with Crippen molar-refractivity contribution < 1.29 is 4.74 Å². The smallest absolute Gasteiger partial charge is 0.132 e. The monoisotopic (exact) mass is 198 g/mol. The molecule has 0 amide bonds. The Bertz CT molecular complexity index is 209. The van der Waals surface area contributed by atoms with E-state index < -0.39 is 0 Å². The number of likely N-dealkylation sites (tertiary alicyclic amines) is 1. The maximum Gasteiger partial charge on any atom is 0.132 e. The summed E-state index contributed by atoms with van der Waals surface area (Å²) in [7, 11) is 0. The Hall–Kier alpha value is -0.120. The first kappa shape index (κ1) is 10.4. The molecule has 0 aromatic carbocycles. The minimum Gasteiger partial charge on any atom is -0.355 e. The summed E-state index contributed by atoms with van der Waals surface area (Å²) < 4.78 is 6.01. The van der Waals surface area contributed by atoms with Crippen LogP contribution in [-0.4, -0.2) is 42.4 Å². The number of nitrogens with one attached hydrogen (secondary N) is 1. The second-order valence-electron chi connectivity index (χ2n) is 4.70. The van der Waals surface area contributed by atoms with Gasteiger partial charge in [0.05, 0.1) is 12.1 Å². The van der Waals surface area contributed by atoms with Crippen LogP contribution in [0.3, 0.4) is 0 Å². The second kappa shape index (κ2) is 3.80. The molecule has 3 heteroatoms. The normalized spacial score (nSPS) is 44.8. The van der Waals surface area contributed by atoms with Crippen LogP contribution in [0.5, 0.6) is 0 Å². The minimum atomic E-state index is -0.105. The summed E-state index contributed by atoms with van der Waals surface area (Å²) in [5.74, 6) is 0. The summed E-state index contributed by atoms with van der Waals surface area (Å²) in [6, 6.07) is 0.567. The van der Waals surface area contributed by atoms with Crippen molar-refractivity contribution in [3.8, 4) is 0 Å². The van der Waals surface area contributed by atoms with Crippen molar-refractivity contribution in [2.45, 2.75) is 51.5 Å². The van der Waals surface area contributed by atoms with Crippen LogP contribution in [0.4, 0.5) is 0 Å². The van der Waals surface area contributed by atoms with E-state index in [0.29, 0.717) is 12.1 Å². The van der Waals surface area contributed by atoms with Gasteiger partial charge in [-0.2, -0.15) is 0 Å². The van der Waals surface area contributed by atoms with Gasteiger partial charge in [0.15, 0.2) is 0 Å². The van der Waals surface area contributed by atoms with Gasteiger partial charge in [-0.25, -0.2) is 0 Å². The Morgan fingerprint density at radius 3 is 2.93 bits per heavy atom. The highest BCUT2D eigenvalue weighted by Gasteiger charge is 2.44. The fourth-order valence-electron chi connectivity index (χ4n) is 2.87. The average molecular weight is 198 g/mol. The second-order valence-corrected chi connectivity index (χ2v) is 4.70. The van der Waals surface area contributed by atoms with Crippen molar-refractivity contribution in [2.24, 2.45) is 0 Å². The SMILES string of the molecule is CCN1CCCC1C1(C)NCC(C)O1. The molecule has 1 N–H and O–H groups in total. The van der Waals surface area contributed by atoms with E-state index in [1.54, 1.807) is 0 Å². The zero-order valence-corrected chi connectivity index (χ0v) is 9.55. The van der Waals surface area contributed by atoms with Gasteiger partial charge < -0.3 is 4.74 Å². The summed E-state index contributed by atoms with van der Waals surface area (Å²) in [5.41, 5.74) is -0.105. The summed E-state index contributed by atoms with van der Waals surface area (Å²) in [6.45, 7) is 9.94. The van der Waals surface area contributed by atoms with Gasteiger partial charge in [0, 0.05) is 6.54 Å². The highest BCUT2D eigenvalue weighted by molar-refractivity contribution is 4.96. The maximum absolute atomic E-state index is 6.01. The molecule has 0 aliphatic carbocycles. The average Bonchev–Trinajstić information content (AvgIpc) is 2.73. The largest absolute Gasteiger partial charge is 0.355 e. The Morgan fingerprint density at radius 2 is 2.36 bits per heavy atom. The molecule has 3 unspecified atom stereocenters. The molecule has 2 heterocycles. The fraction of sp³-hybridized carbons (Fsp3) is 1.00. The molecule has 0 radical (unpaired) electrons. The first-order valence-corrected chi connectivity index (χ1v) is 5.82. The summed E-state index contributed by atoms with van der Waals surface area (Å²) in [5, 5.41) is 3.53. The lowest BCUT2D eigenvalue weighted by atomic mass is 10.0. The number of nitrogens with zero attached hydrogens (tertiary/aromatic N) is 1. The molecule has 0 aromatic heterocycles. The van der Waals surface area contributed by atoms with Crippen molar-refractivity contribution in [2.75, 3.05) is 19.6 Å². The van der Waals surface area contributed by atoms with E-state index >= 15 is 0 Å². The molecule has 2 fully saturated rings. The van der Waals surface area contributed by atoms with Crippen LogP contribution in [0, 0.1) is 0 Å². The van der Waals surface area contributed by atoms with Crippen molar-refractivity contribution in [3.63, 3.8) is 0 Å². The van der Waals surface area contributed by atoms with Gasteiger partial charge in [-0.3, -0.25) is 10.2 Å². The third-order valence-corrected chi connectivity index (χ3v) is 3.59. The van der Waals surface area contributed by atoms with Crippen LogP contribution in [0.15, 0.2) is 0 Å². The molecular formula is C11H22N2O. The van der Waals surface area contributed by atoms with Gasteiger partial charge in [-0.15, -0.1) is 0 Å². The molecule has 3 nitrogen and oxygen atoms in total. The van der Waals surface area contributed by atoms with Gasteiger partial charge in [-0.05, 0) is 39.8 Å². The summed E-state index contributed by atoms with van der Waals surface area (Å²) in [4.78, 5) is 2.53. The van der Waals surface area contributed by atoms with Crippen molar-refractivity contribution in [1.82, 2.24) is 10.2 Å². The van der Waals surface area contributed by atoms with Crippen molar-refractivity contribution in [3.05, 3.63) is 0 Å². The summed E-state index contributed by atoms with van der Waals surface area (Å²) in [6.07, 6.45) is 2.94. The van der Waals surface area contributed by atoms with Gasteiger partial charge in [-0.1, -0.05) is 6.92 Å². The Labute approximate surface area is 86.8 Å². The van der Waals surface area contributed by atoms with Crippen LogP contribution < -0.4 is 5.32 Å². The minimum absolute atomic E-state index is 0.105. The molecule has 3 atom stereocenters. The first-order valence-electron chi connectivity index (χ1n) is 5.82. The Balaban J connectivity index is 2.06. The number of hydrogen-bond acceptors (Lipinski definition) is 3.